The normalized spacial score (nSPS) is 16.7. The molecule has 0 spiro atoms. The zero-order valence-electron chi connectivity index (χ0n) is 9.65. The summed E-state index contributed by atoms with van der Waals surface area (Å²) in [5.41, 5.74) is 0. The smallest absolute Gasteiger partial charge is 0.271 e. The molecule has 0 aliphatic rings. The van der Waals surface area contributed by atoms with Crippen molar-refractivity contribution in [3.63, 3.8) is 0 Å². The van der Waals surface area contributed by atoms with E-state index in [9.17, 15) is 8.78 Å². The van der Waals surface area contributed by atoms with Crippen molar-refractivity contribution >= 4 is 0 Å². The Bertz CT molecular complexity index is 148. The summed E-state index contributed by atoms with van der Waals surface area (Å²) >= 11 is 0. The summed E-state index contributed by atoms with van der Waals surface area (Å²) in [6.07, 6.45) is 1.72. The first kappa shape index (κ1) is 13.8. The van der Waals surface area contributed by atoms with Crippen molar-refractivity contribution in [2.24, 2.45) is 11.8 Å². The number of hydrogen-bond acceptors (Lipinski definition) is 1. The minimum Gasteiger partial charge on any atom is -0.378 e. The quantitative estimate of drug-likeness (QED) is 0.619. The van der Waals surface area contributed by atoms with Gasteiger partial charge >= 0.3 is 0 Å². The molecule has 3 heteroatoms. The predicted octanol–water partition coefficient (Wildman–Crippen LogP) is 3.73. The van der Waals surface area contributed by atoms with Gasteiger partial charge in [0.05, 0.1) is 0 Å². The van der Waals surface area contributed by atoms with Crippen LogP contribution in [0.25, 0.3) is 0 Å². The first-order chi connectivity index (χ1) is 6.46. The average molecular weight is 208 g/mol. The highest BCUT2D eigenvalue weighted by atomic mass is 19.3. The van der Waals surface area contributed by atoms with Crippen LogP contribution < -0.4 is 0 Å². The molecule has 0 bridgehead atoms. The van der Waals surface area contributed by atoms with Gasteiger partial charge in [-0.3, -0.25) is 0 Å². The third-order valence-electron chi connectivity index (χ3n) is 2.89. The van der Waals surface area contributed by atoms with E-state index in [1.807, 2.05) is 20.8 Å². The van der Waals surface area contributed by atoms with Crippen LogP contribution in [-0.2, 0) is 4.74 Å². The summed E-state index contributed by atoms with van der Waals surface area (Å²) in [6.45, 7) is 5.60. The van der Waals surface area contributed by atoms with Gasteiger partial charge < -0.3 is 4.74 Å². The summed E-state index contributed by atoms with van der Waals surface area (Å²) in [5, 5.41) is 0. The van der Waals surface area contributed by atoms with E-state index in [1.165, 1.54) is 7.11 Å². The highest BCUT2D eigenvalue weighted by Crippen LogP contribution is 2.31. The molecule has 0 aliphatic heterocycles. The largest absolute Gasteiger partial charge is 0.378 e. The van der Waals surface area contributed by atoms with Crippen LogP contribution in [0.2, 0.25) is 0 Å². The molecule has 0 amide bonds. The van der Waals surface area contributed by atoms with Crippen LogP contribution in [0.1, 0.15) is 40.0 Å². The Labute approximate surface area is 85.8 Å². The number of alkyl halides is 2. The van der Waals surface area contributed by atoms with Crippen molar-refractivity contribution in [2.45, 2.75) is 46.0 Å². The van der Waals surface area contributed by atoms with E-state index in [0.717, 1.165) is 12.8 Å². The summed E-state index contributed by atoms with van der Waals surface area (Å²) in [7, 11) is 1.32. The van der Waals surface area contributed by atoms with Gasteiger partial charge in [0.25, 0.3) is 5.92 Å². The molecule has 0 aromatic heterocycles. The van der Waals surface area contributed by atoms with Gasteiger partial charge in [0, 0.05) is 13.5 Å². The van der Waals surface area contributed by atoms with Crippen molar-refractivity contribution < 1.29 is 13.5 Å². The lowest BCUT2D eigenvalue weighted by Crippen LogP contribution is -2.28. The molecule has 0 saturated heterocycles. The first-order valence-corrected chi connectivity index (χ1v) is 5.33. The maximum Gasteiger partial charge on any atom is 0.271 e. The zero-order chi connectivity index (χ0) is 11.2. The van der Waals surface area contributed by atoms with Gasteiger partial charge in [0.15, 0.2) is 0 Å². The van der Waals surface area contributed by atoms with Crippen molar-refractivity contribution in [1.29, 1.82) is 0 Å². The molecule has 86 valence electrons. The number of ether oxygens (including phenoxy) is 1. The molecule has 1 nitrogen and oxygen atoms in total. The minimum atomic E-state index is -2.67. The van der Waals surface area contributed by atoms with E-state index >= 15 is 0 Å². The fraction of sp³-hybridized carbons (Fsp3) is 1.00. The van der Waals surface area contributed by atoms with E-state index < -0.39 is 12.5 Å². The Hall–Kier alpha value is -0.180. The molecular weight excluding hydrogens is 186 g/mol. The topological polar surface area (TPSA) is 9.23 Å². The highest BCUT2D eigenvalue weighted by Gasteiger charge is 2.33. The van der Waals surface area contributed by atoms with Crippen LogP contribution in [0.4, 0.5) is 8.78 Å². The number of rotatable bonds is 7. The van der Waals surface area contributed by atoms with Crippen LogP contribution in [-0.4, -0.2) is 19.6 Å². The molecule has 0 aromatic carbocycles. The third-order valence-corrected chi connectivity index (χ3v) is 2.89. The monoisotopic (exact) mass is 208 g/mol. The summed E-state index contributed by atoms with van der Waals surface area (Å²) in [4.78, 5) is 0. The second-order valence-corrected chi connectivity index (χ2v) is 4.05. The van der Waals surface area contributed by atoms with E-state index in [0.29, 0.717) is 5.92 Å². The van der Waals surface area contributed by atoms with Crippen LogP contribution in [0, 0.1) is 11.8 Å². The molecule has 0 radical (unpaired) electrons. The second kappa shape index (κ2) is 6.33. The number of halogens is 2. The molecule has 0 aliphatic carbocycles. The third kappa shape index (κ3) is 4.89. The molecule has 0 fully saturated rings. The van der Waals surface area contributed by atoms with Gasteiger partial charge in [-0.25, -0.2) is 8.78 Å². The van der Waals surface area contributed by atoms with Gasteiger partial charge in [0.1, 0.15) is 6.61 Å². The molecule has 0 rings (SSSR count). The molecular formula is C11H22F2O. The fourth-order valence-corrected chi connectivity index (χ4v) is 1.73. The number of methoxy groups -OCH3 is 1. The molecule has 0 N–H and O–H groups in total. The maximum atomic E-state index is 13.2. The average Bonchev–Trinajstić information content (AvgIpc) is 2.13. The lowest BCUT2D eigenvalue weighted by molar-refractivity contribution is -0.0848. The van der Waals surface area contributed by atoms with Crippen molar-refractivity contribution in [2.75, 3.05) is 13.7 Å². The summed E-state index contributed by atoms with van der Waals surface area (Å²) < 4.78 is 31.0. The molecule has 0 saturated carbocycles. The molecule has 2 unspecified atom stereocenters. The standard InChI is InChI=1S/C11H22F2O/c1-5-9(3)10(6-2)7-11(12,13)8-14-4/h9-10H,5-8H2,1-4H3. The van der Waals surface area contributed by atoms with Crippen LogP contribution in [0.5, 0.6) is 0 Å². The van der Waals surface area contributed by atoms with Gasteiger partial charge in [-0.1, -0.05) is 33.6 Å². The van der Waals surface area contributed by atoms with Crippen LogP contribution in [0.15, 0.2) is 0 Å². The first-order valence-electron chi connectivity index (χ1n) is 5.33. The molecule has 0 heterocycles. The van der Waals surface area contributed by atoms with Gasteiger partial charge in [-0.05, 0) is 11.8 Å². The lowest BCUT2D eigenvalue weighted by Gasteiger charge is -2.26. The Morgan fingerprint density at radius 1 is 1.21 bits per heavy atom. The van der Waals surface area contributed by atoms with Crippen LogP contribution >= 0.6 is 0 Å². The molecule has 0 aromatic rings. The Morgan fingerprint density at radius 3 is 2.14 bits per heavy atom. The summed E-state index contributed by atoms with van der Waals surface area (Å²) in [5.74, 6) is -2.20. The van der Waals surface area contributed by atoms with E-state index in [-0.39, 0.29) is 12.3 Å². The second-order valence-electron chi connectivity index (χ2n) is 4.05. The van der Waals surface area contributed by atoms with E-state index in [4.69, 9.17) is 0 Å². The summed E-state index contributed by atoms with van der Waals surface area (Å²) in [6, 6.07) is 0. The van der Waals surface area contributed by atoms with Crippen LogP contribution in [0.3, 0.4) is 0 Å². The van der Waals surface area contributed by atoms with Gasteiger partial charge in [-0.15, -0.1) is 0 Å². The van der Waals surface area contributed by atoms with Crippen molar-refractivity contribution in [3.8, 4) is 0 Å². The lowest BCUT2D eigenvalue weighted by atomic mass is 9.85. The predicted molar refractivity (Wildman–Crippen MR) is 54.7 cm³/mol. The fourth-order valence-electron chi connectivity index (χ4n) is 1.73. The highest BCUT2D eigenvalue weighted by molar-refractivity contribution is 4.74. The Morgan fingerprint density at radius 2 is 1.79 bits per heavy atom. The van der Waals surface area contributed by atoms with Crippen molar-refractivity contribution in [3.05, 3.63) is 0 Å². The van der Waals surface area contributed by atoms with E-state index in [2.05, 4.69) is 4.74 Å². The maximum absolute atomic E-state index is 13.2. The van der Waals surface area contributed by atoms with Gasteiger partial charge in [-0.2, -0.15) is 0 Å². The van der Waals surface area contributed by atoms with E-state index in [1.54, 1.807) is 0 Å². The molecule has 14 heavy (non-hydrogen) atoms. The minimum absolute atomic E-state index is 0.0493. The Kier molecular flexibility index (Phi) is 6.25. The van der Waals surface area contributed by atoms with Gasteiger partial charge in [0.2, 0.25) is 0 Å². The Balaban J connectivity index is 4.15. The SMILES string of the molecule is CCC(C)C(CC)CC(F)(F)COC. The number of hydrogen-bond donors (Lipinski definition) is 0. The zero-order valence-corrected chi connectivity index (χ0v) is 9.65. The van der Waals surface area contributed by atoms with Crippen molar-refractivity contribution in [1.82, 2.24) is 0 Å². The molecule has 2 atom stereocenters.